The van der Waals surface area contributed by atoms with Gasteiger partial charge in [0.1, 0.15) is 5.60 Å². The molecule has 1 heterocycles. The van der Waals surface area contributed by atoms with Gasteiger partial charge in [0.15, 0.2) is 11.6 Å². The number of hydrogen-bond acceptors (Lipinski definition) is 6. The van der Waals surface area contributed by atoms with Gasteiger partial charge in [-0.1, -0.05) is 89.9 Å². The molecule has 0 fully saturated rings. The molecule has 202 valence electrons. The molecule has 3 N–H and O–H groups in total. The molecule has 0 radical (unpaired) electrons. The molecule has 0 aliphatic rings. The molecule has 0 saturated carbocycles. The number of aromatic amines is 1. The highest BCUT2D eigenvalue weighted by atomic mass is 16.6. The summed E-state index contributed by atoms with van der Waals surface area (Å²) in [6.07, 6.45) is 20.0. The van der Waals surface area contributed by atoms with Crippen molar-refractivity contribution in [3.8, 4) is 17.5 Å². The lowest BCUT2D eigenvalue weighted by Gasteiger charge is -2.19. The minimum absolute atomic E-state index is 0.0281. The summed E-state index contributed by atoms with van der Waals surface area (Å²) in [6.45, 7) is 5.73. The van der Waals surface area contributed by atoms with E-state index < -0.39 is 5.97 Å². The highest BCUT2D eigenvalue weighted by Crippen LogP contribution is 2.29. The molecular weight excluding hydrogens is 446 g/mol. The SMILES string of the molecule is CC(C)(C)OC(=O)CCCCCCCCCCCCCCCCCCC(=O)Oc1cc(O)[nH]c1O. The van der Waals surface area contributed by atoms with Gasteiger partial charge < -0.3 is 19.7 Å². The summed E-state index contributed by atoms with van der Waals surface area (Å²) < 4.78 is 10.3. The predicted molar refractivity (Wildman–Crippen MR) is 139 cm³/mol. The molecule has 0 aromatic carbocycles. The number of esters is 2. The highest BCUT2D eigenvalue weighted by Gasteiger charge is 2.15. The van der Waals surface area contributed by atoms with Gasteiger partial charge >= 0.3 is 11.9 Å². The van der Waals surface area contributed by atoms with E-state index in [2.05, 4.69) is 4.98 Å². The van der Waals surface area contributed by atoms with Gasteiger partial charge in [-0.15, -0.1) is 0 Å². The van der Waals surface area contributed by atoms with E-state index in [-0.39, 0.29) is 29.1 Å². The Labute approximate surface area is 212 Å². The Kier molecular flexibility index (Phi) is 16.0. The first-order chi connectivity index (χ1) is 16.7. The topological polar surface area (TPSA) is 109 Å². The molecule has 0 unspecified atom stereocenters. The summed E-state index contributed by atoms with van der Waals surface area (Å²) in [5, 5.41) is 18.6. The van der Waals surface area contributed by atoms with Crippen molar-refractivity contribution in [2.24, 2.45) is 0 Å². The molecule has 1 rings (SSSR count). The van der Waals surface area contributed by atoms with Crippen molar-refractivity contribution in [1.82, 2.24) is 4.98 Å². The van der Waals surface area contributed by atoms with E-state index in [9.17, 15) is 19.8 Å². The molecule has 0 atom stereocenters. The van der Waals surface area contributed by atoms with Gasteiger partial charge in [-0.3, -0.25) is 14.6 Å². The monoisotopic (exact) mass is 495 g/mol. The summed E-state index contributed by atoms with van der Waals surface area (Å²) in [5.41, 5.74) is -0.375. The van der Waals surface area contributed by atoms with E-state index in [0.29, 0.717) is 12.8 Å². The number of hydrogen-bond donors (Lipinski definition) is 3. The van der Waals surface area contributed by atoms with Crippen LogP contribution in [0.2, 0.25) is 0 Å². The smallest absolute Gasteiger partial charge is 0.311 e. The molecule has 0 amide bonds. The maximum atomic E-state index is 11.8. The van der Waals surface area contributed by atoms with Crippen molar-refractivity contribution in [3.63, 3.8) is 0 Å². The number of aromatic hydroxyl groups is 2. The van der Waals surface area contributed by atoms with Crippen LogP contribution in [-0.4, -0.2) is 32.7 Å². The van der Waals surface area contributed by atoms with E-state index >= 15 is 0 Å². The summed E-state index contributed by atoms with van der Waals surface area (Å²) in [4.78, 5) is 25.7. The zero-order valence-corrected chi connectivity index (χ0v) is 22.3. The number of H-pyrrole nitrogens is 1. The molecular formula is C28H49NO6. The van der Waals surface area contributed by atoms with E-state index in [4.69, 9.17) is 9.47 Å². The van der Waals surface area contributed by atoms with E-state index in [1.54, 1.807) is 0 Å². The van der Waals surface area contributed by atoms with Crippen LogP contribution in [0.3, 0.4) is 0 Å². The molecule has 0 bridgehead atoms. The zero-order chi connectivity index (χ0) is 25.9. The minimum Gasteiger partial charge on any atom is -0.494 e. The third kappa shape index (κ3) is 17.8. The lowest BCUT2D eigenvalue weighted by molar-refractivity contribution is -0.155. The van der Waals surface area contributed by atoms with Crippen molar-refractivity contribution < 1.29 is 29.3 Å². The second-order valence-corrected chi connectivity index (χ2v) is 10.6. The molecule has 0 saturated heterocycles. The Bertz CT molecular complexity index is 707. The average Bonchev–Trinajstić information content (AvgIpc) is 3.07. The largest absolute Gasteiger partial charge is 0.494 e. The fourth-order valence-electron chi connectivity index (χ4n) is 4.07. The van der Waals surface area contributed by atoms with E-state index in [0.717, 1.165) is 32.1 Å². The quantitative estimate of drug-likeness (QED) is 0.126. The van der Waals surface area contributed by atoms with E-state index in [1.807, 2.05) is 20.8 Å². The Morgan fingerprint density at radius 1 is 0.686 bits per heavy atom. The maximum Gasteiger partial charge on any atom is 0.311 e. The van der Waals surface area contributed by atoms with Gasteiger partial charge in [0.25, 0.3) is 0 Å². The summed E-state index contributed by atoms with van der Waals surface area (Å²) in [6, 6.07) is 1.19. The van der Waals surface area contributed by atoms with Crippen LogP contribution in [0.1, 0.15) is 136 Å². The van der Waals surface area contributed by atoms with Crippen molar-refractivity contribution in [1.29, 1.82) is 0 Å². The standard InChI is InChI=1S/C28H49NO6/c1-28(2,3)35-26(32)21-19-17-15-13-11-9-7-5-4-6-8-10-12-14-16-18-20-25(31)34-23-22-24(30)29-27(23)33/h22,29-30,33H,4-21H2,1-3H3. The van der Waals surface area contributed by atoms with Crippen molar-refractivity contribution >= 4 is 11.9 Å². The number of ether oxygens (including phenoxy) is 2. The van der Waals surface area contributed by atoms with Gasteiger partial charge in [0, 0.05) is 18.9 Å². The van der Waals surface area contributed by atoms with Gasteiger partial charge in [-0.05, 0) is 33.6 Å². The van der Waals surface area contributed by atoms with Crippen molar-refractivity contribution in [2.75, 3.05) is 0 Å². The zero-order valence-electron chi connectivity index (χ0n) is 22.3. The number of carbonyl (C=O) groups is 2. The third-order valence-electron chi connectivity index (χ3n) is 5.90. The van der Waals surface area contributed by atoms with Crippen LogP contribution < -0.4 is 4.74 Å². The second-order valence-electron chi connectivity index (χ2n) is 10.6. The van der Waals surface area contributed by atoms with Crippen LogP contribution in [0, 0.1) is 0 Å². The number of rotatable bonds is 20. The number of nitrogens with one attached hydrogen (secondary N) is 1. The Morgan fingerprint density at radius 2 is 1.06 bits per heavy atom. The van der Waals surface area contributed by atoms with Gasteiger partial charge in [-0.25, -0.2) is 0 Å². The van der Waals surface area contributed by atoms with Crippen LogP contribution in [0.4, 0.5) is 0 Å². The van der Waals surface area contributed by atoms with E-state index in [1.165, 1.54) is 76.7 Å². The fourth-order valence-corrected chi connectivity index (χ4v) is 4.07. The molecule has 0 spiro atoms. The van der Waals surface area contributed by atoms with Crippen LogP contribution in [0.25, 0.3) is 0 Å². The number of aromatic nitrogens is 1. The summed E-state index contributed by atoms with van der Waals surface area (Å²) in [5.74, 6) is -1.06. The van der Waals surface area contributed by atoms with Gasteiger partial charge in [-0.2, -0.15) is 0 Å². The average molecular weight is 496 g/mol. The first-order valence-electron chi connectivity index (χ1n) is 13.7. The number of carbonyl (C=O) groups excluding carboxylic acids is 2. The fraction of sp³-hybridized carbons (Fsp3) is 0.786. The summed E-state index contributed by atoms with van der Waals surface area (Å²) >= 11 is 0. The normalized spacial score (nSPS) is 11.5. The third-order valence-corrected chi connectivity index (χ3v) is 5.90. The minimum atomic E-state index is -0.391. The van der Waals surface area contributed by atoms with Crippen molar-refractivity contribution in [3.05, 3.63) is 6.07 Å². The Morgan fingerprint density at radius 3 is 1.40 bits per heavy atom. The molecule has 7 heteroatoms. The first kappa shape index (κ1) is 30.9. The number of unbranched alkanes of at least 4 members (excludes halogenated alkanes) is 15. The predicted octanol–water partition coefficient (Wildman–Crippen LogP) is 7.69. The molecule has 0 aliphatic heterocycles. The van der Waals surface area contributed by atoms with Crippen molar-refractivity contribution in [2.45, 2.75) is 142 Å². The second kappa shape index (κ2) is 18.1. The lowest BCUT2D eigenvalue weighted by atomic mass is 10.0. The Hall–Kier alpha value is -2.18. The van der Waals surface area contributed by atoms with Crippen LogP contribution in [0.5, 0.6) is 17.5 Å². The molecule has 0 aliphatic carbocycles. The van der Waals surface area contributed by atoms with Gasteiger partial charge in [0.2, 0.25) is 5.88 Å². The molecule has 1 aromatic rings. The maximum absolute atomic E-state index is 11.8. The van der Waals surface area contributed by atoms with Crippen LogP contribution in [0.15, 0.2) is 6.07 Å². The highest BCUT2D eigenvalue weighted by molar-refractivity contribution is 5.73. The molecule has 35 heavy (non-hydrogen) atoms. The molecule has 1 aromatic heterocycles. The summed E-state index contributed by atoms with van der Waals surface area (Å²) in [7, 11) is 0. The van der Waals surface area contributed by atoms with Crippen LogP contribution >= 0.6 is 0 Å². The van der Waals surface area contributed by atoms with Crippen LogP contribution in [-0.2, 0) is 14.3 Å². The van der Waals surface area contributed by atoms with Gasteiger partial charge in [0.05, 0.1) is 0 Å². The molecule has 7 nitrogen and oxygen atoms in total. The first-order valence-corrected chi connectivity index (χ1v) is 13.7. The lowest BCUT2D eigenvalue weighted by Crippen LogP contribution is -2.23. The Balaban J connectivity index is 1.78.